The minimum Gasteiger partial charge on any atom is -0.507 e. The minimum atomic E-state index is -4.31. The van der Waals surface area contributed by atoms with Crippen LogP contribution in [-0.4, -0.2) is 54.5 Å². The number of benzene rings is 2. The number of nitrogens with two attached hydrogens (primary N) is 1. The van der Waals surface area contributed by atoms with Gasteiger partial charge in [-0.25, -0.2) is 8.42 Å². The summed E-state index contributed by atoms with van der Waals surface area (Å²) in [6.07, 6.45) is 0.345. The molecule has 0 saturated carbocycles. The zero-order valence-electron chi connectivity index (χ0n) is 18.4. The van der Waals surface area contributed by atoms with Gasteiger partial charge in [0, 0.05) is 12.1 Å². The second-order valence-corrected chi connectivity index (χ2v) is 9.36. The van der Waals surface area contributed by atoms with Crippen molar-refractivity contribution in [3.05, 3.63) is 59.2 Å². The first-order valence-electron chi connectivity index (χ1n) is 10.2. The van der Waals surface area contributed by atoms with E-state index in [-0.39, 0.29) is 24.6 Å². The number of amidine groups is 1. The lowest BCUT2D eigenvalue weighted by Gasteiger charge is -2.22. The number of nitrogens with zero attached hydrogens (tertiary/aromatic N) is 2. The fraction of sp³-hybridized carbons (Fsp3) is 0.364. The second-order valence-electron chi connectivity index (χ2n) is 7.46. The molecule has 174 valence electrons. The van der Waals surface area contributed by atoms with E-state index in [1.807, 2.05) is 24.3 Å². The summed E-state index contributed by atoms with van der Waals surface area (Å²) in [4.78, 5) is 11.6. The first kappa shape index (κ1) is 25.2. The fourth-order valence-corrected chi connectivity index (χ4v) is 4.53. The number of rotatable bonds is 10. The highest BCUT2D eigenvalue weighted by Crippen LogP contribution is 2.27. The van der Waals surface area contributed by atoms with Gasteiger partial charge in [0.15, 0.2) is 5.84 Å². The molecule has 0 atom stereocenters. The summed E-state index contributed by atoms with van der Waals surface area (Å²) in [5.41, 5.74) is 7.72. The zero-order valence-corrected chi connectivity index (χ0v) is 19.2. The first-order valence-corrected chi connectivity index (χ1v) is 11.6. The Morgan fingerprint density at radius 1 is 1.19 bits per heavy atom. The Morgan fingerprint density at radius 2 is 1.84 bits per heavy atom. The molecule has 0 spiro atoms. The monoisotopic (exact) mass is 463 g/mol. The summed E-state index contributed by atoms with van der Waals surface area (Å²) in [7, 11) is -4.31. The van der Waals surface area contributed by atoms with Crippen molar-refractivity contribution in [1.29, 1.82) is 0 Å². The van der Waals surface area contributed by atoms with Crippen LogP contribution in [0, 0.1) is 0 Å². The van der Waals surface area contributed by atoms with Gasteiger partial charge in [0.25, 0.3) is 0 Å². The third-order valence-electron chi connectivity index (χ3n) is 4.89. The smallest absolute Gasteiger partial charge is 0.321 e. The van der Waals surface area contributed by atoms with Crippen molar-refractivity contribution in [2.75, 3.05) is 19.7 Å². The zero-order chi connectivity index (χ0) is 23.9. The van der Waals surface area contributed by atoms with Crippen LogP contribution in [0.5, 0.6) is 5.75 Å². The van der Waals surface area contributed by atoms with Gasteiger partial charge in [0.1, 0.15) is 17.2 Å². The highest BCUT2D eigenvalue weighted by atomic mass is 32.2. The molecule has 0 bridgehead atoms. The van der Waals surface area contributed by atoms with Crippen LogP contribution < -0.4 is 5.73 Å². The van der Waals surface area contributed by atoms with Crippen molar-refractivity contribution >= 4 is 21.8 Å². The van der Waals surface area contributed by atoms with Crippen molar-refractivity contribution in [3.8, 4) is 5.75 Å². The Labute approximate surface area is 188 Å². The van der Waals surface area contributed by atoms with Crippen LogP contribution in [0.4, 0.5) is 0 Å². The third kappa shape index (κ3) is 6.21. The Balaban J connectivity index is 2.37. The van der Waals surface area contributed by atoms with Crippen LogP contribution in [0.25, 0.3) is 0 Å². The largest absolute Gasteiger partial charge is 0.507 e. The number of carbonyl (C=O) groups is 1. The number of phenolic OH excluding ortho intramolecular Hbond substituents is 1. The number of oxime groups is 1. The number of phenols is 1. The predicted octanol–water partition coefficient (Wildman–Crippen LogP) is 2.41. The van der Waals surface area contributed by atoms with Crippen molar-refractivity contribution in [2.24, 2.45) is 10.9 Å². The molecule has 2 aromatic carbocycles. The van der Waals surface area contributed by atoms with E-state index >= 15 is 0 Å². The summed E-state index contributed by atoms with van der Waals surface area (Å²) >= 11 is 0. The van der Waals surface area contributed by atoms with E-state index in [4.69, 9.17) is 15.7 Å². The molecule has 0 amide bonds. The van der Waals surface area contributed by atoms with Gasteiger partial charge in [-0.05, 0) is 48.6 Å². The van der Waals surface area contributed by atoms with Crippen LogP contribution >= 0.6 is 0 Å². The highest BCUT2D eigenvalue weighted by molar-refractivity contribution is 7.89. The molecule has 0 aliphatic carbocycles. The van der Waals surface area contributed by atoms with E-state index in [1.54, 1.807) is 6.92 Å². The highest BCUT2D eigenvalue weighted by Gasteiger charge is 2.30. The molecule has 0 fully saturated rings. The molecule has 0 heterocycles. The summed E-state index contributed by atoms with van der Waals surface area (Å²) in [6, 6.07) is 11.3. The van der Waals surface area contributed by atoms with Gasteiger partial charge in [-0.2, -0.15) is 4.31 Å². The van der Waals surface area contributed by atoms with E-state index < -0.39 is 33.2 Å². The van der Waals surface area contributed by atoms with Crippen molar-refractivity contribution in [3.63, 3.8) is 0 Å². The molecule has 9 nitrogen and oxygen atoms in total. The van der Waals surface area contributed by atoms with Gasteiger partial charge in [0.05, 0.1) is 6.61 Å². The Bertz CT molecular complexity index is 1070. The van der Waals surface area contributed by atoms with E-state index in [9.17, 15) is 18.3 Å². The number of esters is 1. The van der Waals surface area contributed by atoms with Gasteiger partial charge in [0.2, 0.25) is 10.0 Å². The molecule has 10 heteroatoms. The molecule has 2 aromatic rings. The quantitative estimate of drug-likeness (QED) is 0.161. The molecule has 32 heavy (non-hydrogen) atoms. The summed E-state index contributed by atoms with van der Waals surface area (Å²) in [5, 5.41) is 22.0. The van der Waals surface area contributed by atoms with E-state index in [2.05, 4.69) is 19.0 Å². The predicted molar refractivity (Wildman–Crippen MR) is 120 cm³/mol. The average molecular weight is 464 g/mol. The third-order valence-corrected chi connectivity index (χ3v) is 6.76. The standard InChI is InChI=1S/C22H29N3O6S/c1-4-31-21(27)14-25(12-11-16-5-7-17(8-6-16)15(2)3)32(29,30)20-13-18(22(23)24-28)9-10-19(20)26/h5-10,13,15,26,28H,4,11-12,14H2,1-3H3,(H2,23,24). The molecule has 4 N–H and O–H groups in total. The second kappa shape index (κ2) is 11.0. The van der Waals surface area contributed by atoms with E-state index in [0.29, 0.717) is 12.3 Å². The molecule has 0 aromatic heterocycles. The number of hydrogen-bond donors (Lipinski definition) is 3. The Hall–Kier alpha value is -3.11. The molecule has 0 aliphatic heterocycles. The number of ether oxygens (including phenoxy) is 1. The topological polar surface area (TPSA) is 143 Å². The van der Waals surface area contributed by atoms with Gasteiger partial charge < -0.3 is 20.8 Å². The fourth-order valence-electron chi connectivity index (χ4n) is 3.03. The van der Waals surface area contributed by atoms with Gasteiger partial charge in [-0.15, -0.1) is 0 Å². The van der Waals surface area contributed by atoms with Crippen molar-refractivity contribution < 1.29 is 28.3 Å². The van der Waals surface area contributed by atoms with Gasteiger partial charge >= 0.3 is 5.97 Å². The maximum Gasteiger partial charge on any atom is 0.321 e. The maximum atomic E-state index is 13.3. The maximum absolute atomic E-state index is 13.3. The van der Waals surface area contributed by atoms with Crippen LogP contribution in [0.2, 0.25) is 0 Å². The van der Waals surface area contributed by atoms with Gasteiger partial charge in [-0.3, -0.25) is 4.79 Å². The average Bonchev–Trinajstić information content (AvgIpc) is 2.76. The number of carbonyl (C=O) groups excluding carboxylic acids is 1. The SMILES string of the molecule is CCOC(=O)CN(CCc1ccc(C(C)C)cc1)S(=O)(=O)c1cc(/C(N)=N/O)ccc1O. The molecule has 2 rings (SSSR count). The van der Waals surface area contributed by atoms with E-state index in [0.717, 1.165) is 27.6 Å². The lowest BCUT2D eigenvalue weighted by molar-refractivity contribution is -0.143. The van der Waals surface area contributed by atoms with Crippen LogP contribution in [-0.2, 0) is 26.0 Å². The van der Waals surface area contributed by atoms with Crippen molar-refractivity contribution in [1.82, 2.24) is 4.31 Å². The van der Waals surface area contributed by atoms with Crippen LogP contribution in [0.15, 0.2) is 52.5 Å². The lowest BCUT2D eigenvalue weighted by Crippen LogP contribution is -2.38. The van der Waals surface area contributed by atoms with Crippen molar-refractivity contribution in [2.45, 2.75) is 38.0 Å². The summed E-state index contributed by atoms with van der Waals surface area (Å²) in [6.45, 7) is 5.35. The lowest BCUT2D eigenvalue weighted by atomic mass is 10.0. The number of sulfonamides is 1. The first-order chi connectivity index (χ1) is 15.1. The Morgan fingerprint density at radius 3 is 2.41 bits per heavy atom. The molecular formula is C22H29N3O6S. The van der Waals surface area contributed by atoms with Gasteiger partial charge in [-0.1, -0.05) is 43.3 Å². The molecule has 0 saturated heterocycles. The molecular weight excluding hydrogens is 434 g/mol. The minimum absolute atomic E-state index is 0.0184. The summed E-state index contributed by atoms with van der Waals surface area (Å²) in [5.74, 6) is -1.17. The molecule has 0 unspecified atom stereocenters. The number of aromatic hydroxyl groups is 1. The van der Waals surface area contributed by atoms with Crippen LogP contribution in [0.3, 0.4) is 0 Å². The summed E-state index contributed by atoms with van der Waals surface area (Å²) < 4.78 is 32.5. The number of hydrogen-bond acceptors (Lipinski definition) is 7. The van der Waals surface area contributed by atoms with E-state index in [1.165, 1.54) is 6.07 Å². The molecule has 0 aliphatic rings. The normalized spacial score (nSPS) is 12.3. The molecule has 0 radical (unpaired) electrons. The Kier molecular flexibility index (Phi) is 8.62. The van der Waals surface area contributed by atoms with Crippen LogP contribution in [0.1, 0.15) is 43.4 Å².